The van der Waals surface area contributed by atoms with Gasteiger partial charge in [0.05, 0.1) is 6.61 Å². The molecule has 3 nitrogen and oxygen atoms in total. The quantitative estimate of drug-likeness (QED) is 0.819. The van der Waals surface area contributed by atoms with Gasteiger partial charge in [0.2, 0.25) is 0 Å². The van der Waals surface area contributed by atoms with E-state index >= 15 is 0 Å². The van der Waals surface area contributed by atoms with Crippen molar-refractivity contribution in [3.8, 4) is 5.75 Å². The summed E-state index contributed by atoms with van der Waals surface area (Å²) in [6.45, 7) is 11.0. The van der Waals surface area contributed by atoms with Crippen molar-refractivity contribution in [2.24, 2.45) is 5.92 Å². The Morgan fingerprint density at radius 1 is 1.30 bits per heavy atom. The summed E-state index contributed by atoms with van der Waals surface area (Å²) in [4.78, 5) is 12.3. The van der Waals surface area contributed by atoms with Gasteiger partial charge < -0.3 is 10.1 Å². The molecule has 0 aliphatic carbocycles. The molecule has 1 aromatic carbocycles. The molecule has 0 spiro atoms. The fourth-order valence-corrected chi connectivity index (χ4v) is 2.19. The first-order valence-corrected chi connectivity index (χ1v) is 7.53. The molecule has 20 heavy (non-hydrogen) atoms. The largest absolute Gasteiger partial charge is 0.494 e. The van der Waals surface area contributed by atoms with Crippen LogP contribution in [0.5, 0.6) is 5.75 Å². The topological polar surface area (TPSA) is 38.3 Å². The van der Waals surface area contributed by atoms with Crippen molar-refractivity contribution in [2.45, 2.75) is 53.5 Å². The second-order valence-electron chi connectivity index (χ2n) is 5.53. The zero-order chi connectivity index (χ0) is 15.1. The van der Waals surface area contributed by atoms with Crippen molar-refractivity contribution in [3.63, 3.8) is 0 Å². The van der Waals surface area contributed by atoms with E-state index in [1.165, 1.54) is 0 Å². The molecule has 0 heterocycles. The number of rotatable bonds is 7. The average Bonchev–Trinajstić information content (AvgIpc) is 2.40. The fourth-order valence-electron chi connectivity index (χ4n) is 2.19. The highest BCUT2D eigenvalue weighted by Crippen LogP contribution is 2.20. The van der Waals surface area contributed by atoms with Crippen molar-refractivity contribution >= 4 is 5.91 Å². The normalized spacial score (nSPS) is 12.3. The van der Waals surface area contributed by atoms with Crippen molar-refractivity contribution in [1.82, 2.24) is 5.32 Å². The van der Waals surface area contributed by atoms with E-state index in [4.69, 9.17) is 4.74 Å². The second kappa shape index (κ2) is 7.93. The first-order chi connectivity index (χ1) is 9.49. The van der Waals surface area contributed by atoms with Gasteiger partial charge in [0, 0.05) is 11.6 Å². The van der Waals surface area contributed by atoms with Crippen LogP contribution >= 0.6 is 0 Å². The third-order valence-corrected chi connectivity index (χ3v) is 3.47. The van der Waals surface area contributed by atoms with E-state index in [0.29, 0.717) is 18.1 Å². The highest BCUT2D eigenvalue weighted by atomic mass is 16.5. The minimum Gasteiger partial charge on any atom is -0.494 e. The Kier molecular flexibility index (Phi) is 6.56. The Bertz CT molecular complexity index is 441. The van der Waals surface area contributed by atoms with E-state index in [9.17, 15) is 4.79 Å². The van der Waals surface area contributed by atoms with E-state index in [2.05, 4.69) is 26.1 Å². The summed E-state index contributed by atoms with van der Waals surface area (Å²) in [5.41, 5.74) is 1.72. The third-order valence-electron chi connectivity index (χ3n) is 3.47. The molecule has 1 N–H and O–H groups in total. The lowest BCUT2D eigenvalue weighted by atomic mass is 9.99. The van der Waals surface area contributed by atoms with Gasteiger partial charge in [-0.15, -0.1) is 0 Å². The van der Waals surface area contributed by atoms with Crippen LogP contribution in [0.4, 0.5) is 0 Å². The summed E-state index contributed by atoms with van der Waals surface area (Å²) in [7, 11) is 0. The predicted octanol–water partition coefficient (Wildman–Crippen LogP) is 3.95. The molecule has 0 radical (unpaired) electrons. The molecule has 1 aromatic rings. The van der Waals surface area contributed by atoms with Crippen LogP contribution in [0.3, 0.4) is 0 Å². The summed E-state index contributed by atoms with van der Waals surface area (Å²) in [5.74, 6) is 1.21. The van der Waals surface area contributed by atoms with Gasteiger partial charge in [-0.25, -0.2) is 0 Å². The standard InChI is InChI=1S/C17H27NO2/c1-6-8-15(12(3)4)18-17(19)14-10-9-13(5)16(11-14)20-7-2/h9-12,15H,6-8H2,1-5H3,(H,18,19). The molecule has 0 aromatic heterocycles. The molecular weight excluding hydrogens is 250 g/mol. The summed E-state index contributed by atoms with van der Waals surface area (Å²) < 4.78 is 5.55. The summed E-state index contributed by atoms with van der Waals surface area (Å²) in [5, 5.41) is 3.13. The molecule has 3 heteroatoms. The van der Waals surface area contributed by atoms with Crippen molar-refractivity contribution < 1.29 is 9.53 Å². The zero-order valence-corrected chi connectivity index (χ0v) is 13.3. The Labute approximate surface area is 122 Å². The smallest absolute Gasteiger partial charge is 0.251 e. The Morgan fingerprint density at radius 2 is 2.00 bits per heavy atom. The lowest BCUT2D eigenvalue weighted by Gasteiger charge is -2.22. The van der Waals surface area contributed by atoms with Crippen LogP contribution in [0, 0.1) is 12.8 Å². The van der Waals surface area contributed by atoms with E-state index in [1.54, 1.807) is 0 Å². The van der Waals surface area contributed by atoms with Gasteiger partial charge in [-0.3, -0.25) is 4.79 Å². The van der Waals surface area contributed by atoms with Crippen LogP contribution in [0.2, 0.25) is 0 Å². The lowest BCUT2D eigenvalue weighted by molar-refractivity contribution is 0.0922. The van der Waals surface area contributed by atoms with Crippen molar-refractivity contribution in [2.75, 3.05) is 6.61 Å². The second-order valence-corrected chi connectivity index (χ2v) is 5.53. The van der Waals surface area contributed by atoms with Crippen LogP contribution in [-0.4, -0.2) is 18.6 Å². The number of nitrogens with one attached hydrogen (secondary N) is 1. The maximum Gasteiger partial charge on any atom is 0.251 e. The van der Waals surface area contributed by atoms with Gasteiger partial charge in [-0.05, 0) is 43.9 Å². The van der Waals surface area contributed by atoms with E-state index in [-0.39, 0.29) is 11.9 Å². The summed E-state index contributed by atoms with van der Waals surface area (Å²) in [6.07, 6.45) is 2.08. The molecule has 0 fully saturated rings. The van der Waals surface area contributed by atoms with E-state index in [0.717, 1.165) is 24.2 Å². The number of carbonyl (C=O) groups excluding carboxylic acids is 1. The first kappa shape index (κ1) is 16.5. The van der Waals surface area contributed by atoms with Crippen LogP contribution < -0.4 is 10.1 Å². The lowest BCUT2D eigenvalue weighted by Crippen LogP contribution is -2.38. The maximum absolute atomic E-state index is 12.3. The number of benzene rings is 1. The minimum atomic E-state index is -0.0156. The highest BCUT2D eigenvalue weighted by molar-refractivity contribution is 5.94. The molecule has 0 aliphatic heterocycles. The Balaban J connectivity index is 2.83. The van der Waals surface area contributed by atoms with Crippen molar-refractivity contribution in [3.05, 3.63) is 29.3 Å². The van der Waals surface area contributed by atoms with Gasteiger partial charge in [0.1, 0.15) is 5.75 Å². The SMILES string of the molecule is CCCC(NC(=O)c1ccc(C)c(OCC)c1)C(C)C. The number of carbonyl (C=O) groups is 1. The van der Waals surface area contributed by atoms with Crippen LogP contribution in [-0.2, 0) is 0 Å². The van der Waals surface area contributed by atoms with E-state index < -0.39 is 0 Å². The molecule has 1 unspecified atom stereocenters. The molecule has 1 rings (SSSR count). The van der Waals surface area contributed by atoms with Crippen LogP contribution in [0.1, 0.15) is 56.5 Å². The van der Waals surface area contributed by atoms with Crippen molar-refractivity contribution in [1.29, 1.82) is 0 Å². The van der Waals surface area contributed by atoms with Gasteiger partial charge in [0.25, 0.3) is 5.91 Å². The molecule has 0 bridgehead atoms. The fraction of sp³-hybridized carbons (Fsp3) is 0.588. The number of amides is 1. The van der Waals surface area contributed by atoms with Crippen LogP contribution in [0.15, 0.2) is 18.2 Å². The van der Waals surface area contributed by atoms with Gasteiger partial charge in [-0.2, -0.15) is 0 Å². The number of ether oxygens (including phenoxy) is 1. The minimum absolute atomic E-state index is 0.0156. The summed E-state index contributed by atoms with van der Waals surface area (Å²) in [6, 6.07) is 5.85. The molecule has 0 saturated heterocycles. The molecule has 112 valence electrons. The average molecular weight is 277 g/mol. The monoisotopic (exact) mass is 277 g/mol. The summed E-state index contributed by atoms with van der Waals surface area (Å²) >= 11 is 0. The number of aryl methyl sites for hydroxylation is 1. The molecule has 0 aliphatic rings. The first-order valence-electron chi connectivity index (χ1n) is 7.53. The molecular formula is C17H27NO2. The Hall–Kier alpha value is -1.51. The molecule has 0 saturated carbocycles. The Morgan fingerprint density at radius 3 is 2.55 bits per heavy atom. The number of hydrogen-bond acceptors (Lipinski definition) is 2. The van der Waals surface area contributed by atoms with Gasteiger partial charge in [-0.1, -0.05) is 33.3 Å². The van der Waals surface area contributed by atoms with Crippen LogP contribution in [0.25, 0.3) is 0 Å². The third kappa shape index (κ3) is 4.55. The van der Waals surface area contributed by atoms with Gasteiger partial charge >= 0.3 is 0 Å². The highest BCUT2D eigenvalue weighted by Gasteiger charge is 2.17. The maximum atomic E-state index is 12.3. The van der Waals surface area contributed by atoms with Gasteiger partial charge in [0.15, 0.2) is 0 Å². The van der Waals surface area contributed by atoms with E-state index in [1.807, 2.05) is 32.0 Å². The number of hydrogen-bond donors (Lipinski definition) is 1. The molecule has 1 atom stereocenters. The predicted molar refractivity (Wildman–Crippen MR) is 83.3 cm³/mol. The zero-order valence-electron chi connectivity index (χ0n) is 13.3. The molecule has 1 amide bonds.